The highest BCUT2D eigenvalue weighted by molar-refractivity contribution is 14.0. The third-order valence-electron chi connectivity index (χ3n) is 6.26. The van der Waals surface area contributed by atoms with Gasteiger partial charge in [0.25, 0.3) is 0 Å². The van der Waals surface area contributed by atoms with Gasteiger partial charge in [-0.05, 0) is 44.0 Å². The maximum Gasteiger partial charge on any atom is 0.194 e. The van der Waals surface area contributed by atoms with E-state index in [1.165, 1.54) is 31.4 Å². The van der Waals surface area contributed by atoms with Gasteiger partial charge in [-0.2, -0.15) is 0 Å². The van der Waals surface area contributed by atoms with Crippen molar-refractivity contribution in [3.63, 3.8) is 0 Å². The number of nitrogens with zero attached hydrogens (tertiary/aromatic N) is 6. The number of halogens is 1. The Bertz CT molecular complexity index is 853. The summed E-state index contributed by atoms with van der Waals surface area (Å²) in [6.45, 7) is 6.35. The number of aromatic nitrogens is 3. The molecule has 2 heterocycles. The Balaban J connectivity index is 0.00000272. The van der Waals surface area contributed by atoms with Crippen molar-refractivity contribution >= 4 is 35.6 Å². The molecule has 0 amide bonds. The number of hydrogen-bond donors (Lipinski definition) is 1. The lowest BCUT2D eigenvalue weighted by Gasteiger charge is -2.38. The molecule has 0 bridgehead atoms. The molecule has 2 fully saturated rings. The molecular formula is C22H34IN7O. The number of anilines is 1. The number of rotatable bonds is 5. The van der Waals surface area contributed by atoms with Crippen molar-refractivity contribution in [3.8, 4) is 5.75 Å². The summed E-state index contributed by atoms with van der Waals surface area (Å²) in [6.07, 6.45) is 5.07. The SMILES string of the molecule is COc1ccc(N2CCN(C(=NCc3nnc(C)n3C)NC3CCCC3)CC2)cc1.I. The Morgan fingerprint density at radius 2 is 1.77 bits per heavy atom. The smallest absolute Gasteiger partial charge is 0.194 e. The Morgan fingerprint density at radius 1 is 1.10 bits per heavy atom. The maximum atomic E-state index is 5.28. The van der Waals surface area contributed by atoms with Crippen LogP contribution in [0.2, 0.25) is 0 Å². The summed E-state index contributed by atoms with van der Waals surface area (Å²) in [5.41, 5.74) is 1.24. The predicted octanol–water partition coefficient (Wildman–Crippen LogP) is 2.96. The summed E-state index contributed by atoms with van der Waals surface area (Å²) in [7, 11) is 3.70. The van der Waals surface area contributed by atoms with Crippen molar-refractivity contribution in [2.24, 2.45) is 12.0 Å². The van der Waals surface area contributed by atoms with Gasteiger partial charge in [-0.3, -0.25) is 0 Å². The van der Waals surface area contributed by atoms with Crippen molar-refractivity contribution in [3.05, 3.63) is 35.9 Å². The number of ether oxygens (including phenoxy) is 1. The van der Waals surface area contributed by atoms with Gasteiger partial charge in [-0.25, -0.2) is 4.99 Å². The summed E-state index contributed by atoms with van der Waals surface area (Å²) in [5, 5.41) is 12.2. The van der Waals surface area contributed by atoms with E-state index in [1.807, 2.05) is 30.7 Å². The molecule has 1 aromatic heterocycles. The highest BCUT2D eigenvalue weighted by atomic mass is 127. The molecule has 2 aliphatic rings. The van der Waals surface area contributed by atoms with E-state index in [9.17, 15) is 0 Å². The minimum Gasteiger partial charge on any atom is -0.497 e. The van der Waals surface area contributed by atoms with E-state index >= 15 is 0 Å². The van der Waals surface area contributed by atoms with Crippen LogP contribution in [0, 0.1) is 6.92 Å². The molecule has 31 heavy (non-hydrogen) atoms. The van der Waals surface area contributed by atoms with Crippen molar-refractivity contribution in [1.29, 1.82) is 0 Å². The van der Waals surface area contributed by atoms with Crippen LogP contribution in [-0.2, 0) is 13.6 Å². The normalized spacial score (nSPS) is 17.6. The van der Waals surface area contributed by atoms with Crippen molar-refractivity contribution in [1.82, 2.24) is 25.0 Å². The molecule has 2 aromatic rings. The van der Waals surface area contributed by atoms with Crippen LogP contribution in [0.1, 0.15) is 37.3 Å². The van der Waals surface area contributed by atoms with E-state index in [4.69, 9.17) is 9.73 Å². The predicted molar refractivity (Wildman–Crippen MR) is 134 cm³/mol. The molecule has 8 nitrogen and oxygen atoms in total. The van der Waals surface area contributed by atoms with Gasteiger partial charge in [0, 0.05) is 45.0 Å². The molecule has 0 unspecified atom stereocenters. The molecule has 0 spiro atoms. The molecule has 1 saturated heterocycles. The number of hydrogen-bond acceptors (Lipinski definition) is 5. The first kappa shape index (κ1) is 23.6. The molecule has 170 valence electrons. The van der Waals surface area contributed by atoms with Gasteiger partial charge in [-0.1, -0.05) is 12.8 Å². The monoisotopic (exact) mass is 539 g/mol. The van der Waals surface area contributed by atoms with Gasteiger partial charge >= 0.3 is 0 Å². The Hall–Kier alpha value is -2.04. The fourth-order valence-corrected chi connectivity index (χ4v) is 4.19. The Morgan fingerprint density at radius 3 is 2.35 bits per heavy atom. The third kappa shape index (κ3) is 5.81. The zero-order valence-electron chi connectivity index (χ0n) is 18.8. The molecular weight excluding hydrogens is 505 g/mol. The number of nitrogens with one attached hydrogen (secondary N) is 1. The molecule has 1 aliphatic heterocycles. The van der Waals surface area contributed by atoms with Crippen LogP contribution < -0.4 is 15.0 Å². The number of aliphatic imine (C=N–C) groups is 1. The molecule has 9 heteroatoms. The lowest BCUT2D eigenvalue weighted by atomic mass is 10.2. The average Bonchev–Trinajstić information content (AvgIpc) is 3.42. The largest absolute Gasteiger partial charge is 0.497 e. The molecule has 1 aliphatic carbocycles. The first-order chi connectivity index (χ1) is 14.6. The summed E-state index contributed by atoms with van der Waals surface area (Å²) in [4.78, 5) is 9.77. The summed E-state index contributed by atoms with van der Waals surface area (Å²) in [6, 6.07) is 8.86. The van der Waals surface area contributed by atoms with Gasteiger partial charge in [0.05, 0.1) is 7.11 Å². The second-order valence-corrected chi connectivity index (χ2v) is 8.16. The number of benzene rings is 1. The quantitative estimate of drug-likeness (QED) is 0.358. The Labute approximate surface area is 202 Å². The van der Waals surface area contributed by atoms with E-state index in [1.54, 1.807) is 7.11 Å². The van der Waals surface area contributed by atoms with Gasteiger partial charge in [0.15, 0.2) is 11.8 Å². The fraction of sp³-hybridized carbons (Fsp3) is 0.591. The van der Waals surface area contributed by atoms with Gasteiger partial charge < -0.3 is 24.4 Å². The molecule has 0 radical (unpaired) electrons. The third-order valence-corrected chi connectivity index (χ3v) is 6.26. The zero-order valence-corrected chi connectivity index (χ0v) is 21.1. The average molecular weight is 539 g/mol. The van der Waals surface area contributed by atoms with Crippen LogP contribution in [-0.4, -0.2) is 65.0 Å². The van der Waals surface area contributed by atoms with Crippen LogP contribution in [0.4, 0.5) is 5.69 Å². The lowest BCUT2D eigenvalue weighted by Crippen LogP contribution is -2.54. The van der Waals surface area contributed by atoms with Gasteiger partial charge in [0.1, 0.15) is 18.1 Å². The minimum absolute atomic E-state index is 0. The number of piperazine rings is 1. The highest BCUT2D eigenvalue weighted by Gasteiger charge is 2.23. The van der Waals surface area contributed by atoms with Crippen LogP contribution >= 0.6 is 24.0 Å². The number of aryl methyl sites for hydroxylation is 1. The van der Waals surface area contributed by atoms with Gasteiger partial charge in [-0.15, -0.1) is 34.2 Å². The second-order valence-electron chi connectivity index (χ2n) is 8.16. The fourth-order valence-electron chi connectivity index (χ4n) is 4.19. The Kier molecular flexibility index (Phi) is 8.39. The first-order valence-corrected chi connectivity index (χ1v) is 10.9. The number of guanidine groups is 1. The zero-order chi connectivity index (χ0) is 20.9. The summed E-state index contributed by atoms with van der Waals surface area (Å²) in [5.74, 6) is 3.72. The van der Waals surface area contributed by atoms with Crippen LogP contribution in [0.25, 0.3) is 0 Å². The van der Waals surface area contributed by atoms with Crippen LogP contribution in [0.15, 0.2) is 29.3 Å². The molecule has 0 atom stereocenters. The van der Waals surface area contributed by atoms with E-state index in [0.29, 0.717) is 12.6 Å². The second kappa shape index (κ2) is 11.0. The maximum absolute atomic E-state index is 5.28. The van der Waals surface area contributed by atoms with Gasteiger partial charge in [0.2, 0.25) is 0 Å². The van der Waals surface area contributed by atoms with Crippen LogP contribution in [0.3, 0.4) is 0 Å². The minimum atomic E-state index is 0. The van der Waals surface area contributed by atoms with Crippen molar-refractivity contribution in [2.45, 2.75) is 45.2 Å². The van der Waals surface area contributed by atoms with Crippen LogP contribution in [0.5, 0.6) is 5.75 Å². The number of methoxy groups -OCH3 is 1. The van der Waals surface area contributed by atoms with Crippen molar-refractivity contribution < 1.29 is 4.74 Å². The summed E-state index contributed by atoms with van der Waals surface area (Å²) >= 11 is 0. The lowest BCUT2D eigenvalue weighted by molar-refractivity contribution is 0.365. The van der Waals surface area contributed by atoms with E-state index in [-0.39, 0.29) is 24.0 Å². The van der Waals surface area contributed by atoms with E-state index in [0.717, 1.165) is 49.5 Å². The van der Waals surface area contributed by atoms with Crippen molar-refractivity contribution in [2.75, 3.05) is 38.2 Å². The molecule has 1 N–H and O–H groups in total. The standard InChI is InChI=1S/C22H33N7O.HI/c1-17-25-26-21(27(17)2)16-23-22(24-18-6-4-5-7-18)29-14-12-28(13-15-29)19-8-10-20(30-3)11-9-19;/h8-11,18H,4-7,12-16H2,1-3H3,(H,23,24);1H. The van der Waals surface area contributed by atoms with E-state index < -0.39 is 0 Å². The first-order valence-electron chi connectivity index (χ1n) is 10.9. The topological polar surface area (TPSA) is 70.8 Å². The van der Waals surface area contributed by atoms with E-state index in [2.05, 4.69) is 37.4 Å². The highest BCUT2D eigenvalue weighted by Crippen LogP contribution is 2.21. The molecule has 4 rings (SSSR count). The summed E-state index contributed by atoms with van der Waals surface area (Å²) < 4.78 is 7.29. The molecule has 1 aromatic carbocycles. The molecule has 1 saturated carbocycles.